The van der Waals surface area contributed by atoms with Crippen molar-refractivity contribution in [2.24, 2.45) is 0 Å². The molecule has 0 aliphatic rings. The maximum atomic E-state index is 6.25. The van der Waals surface area contributed by atoms with E-state index in [4.69, 9.17) is 18.8 Å². The van der Waals surface area contributed by atoms with Crippen LogP contribution in [0.4, 0.5) is 0 Å². The molecule has 0 bridgehead atoms. The number of hydrogen-bond acceptors (Lipinski definition) is 4. The third-order valence-electron chi connectivity index (χ3n) is 9.58. The largest absolute Gasteiger partial charge is 0.436 e. The Kier molecular flexibility index (Phi) is 6.33. The molecular formula is C45H29N3O2. The molecule has 0 amide bonds. The molecule has 0 radical (unpaired) electrons. The van der Waals surface area contributed by atoms with Crippen molar-refractivity contribution in [3.8, 4) is 50.8 Å². The molecule has 0 N–H and O–H groups in total. The van der Waals surface area contributed by atoms with E-state index in [9.17, 15) is 0 Å². The smallest absolute Gasteiger partial charge is 0.227 e. The lowest BCUT2D eigenvalue weighted by atomic mass is 9.96. The molecule has 0 saturated carbocycles. The van der Waals surface area contributed by atoms with Gasteiger partial charge in [-0.3, -0.25) is 0 Å². The number of fused-ring (bicyclic) bond motifs is 5. The van der Waals surface area contributed by atoms with E-state index in [1.165, 1.54) is 5.56 Å². The lowest BCUT2D eigenvalue weighted by molar-refractivity contribution is 0.619. The summed E-state index contributed by atoms with van der Waals surface area (Å²) in [5.74, 6) is 1.23. The summed E-state index contributed by atoms with van der Waals surface area (Å²) < 4.78 is 14.9. The zero-order chi connectivity index (χ0) is 33.2. The van der Waals surface area contributed by atoms with Gasteiger partial charge >= 0.3 is 0 Å². The molecule has 7 aromatic carbocycles. The third kappa shape index (κ3) is 4.55. The maximum absolute atomic E-state index is 6.25. The Morgan fingerprint density at radius 2 is 0.880 bits per heavy atom. The van der Waals surface area contributed by atoms with Crippen LogP contribution in [0.2, 0.25) is 0 Å². The first-order valence-electron chi connectivity index (χ1n) is 16.7. The predicted octanol–water partition coefficient (Wildman–Crippen LogP) is 12.0. The van der Waals surface area contributed by atoms with Gasteiger partial charge in [-0.15, -0.1) is 0 Å². The number of aromatic nitrogens is 3. The summed E-state index contributed by atoms with van der Waals surface area (Å²) in [4.78, 5) is 9.68. The number of oxazole rings is 2. The number of nitrogens with zero attached hydrogens (tertiary/aromatic N) is 3. The van der Waals surface area contributed by atoms with Gasteiger partial charge in [-0.2, -0.15) is 0 Å². The molecular weight excluding hydrogens is 615 g/mol. The average Bonchev–Trinajstić information content (AvgIpc) is 3.89. The number of para-hydroxylation sites is 4. The van der Waals surface area contributed by atoms with E-state index >= 15 is 0 Å². The fraction of sp³-hybridized carbons (Fsp3) is 0.0222. The first kappa shape index (κ1) is 28.3. The van der Waals surface area contributed by atoms with Crippen molar-refractivity contribution in [3.63, 3.8) is 0 Å². The summed E-state index contributed by atoms with van der Waals surface area (Å²) in [5, 5.41) is 2.32. The second kappa shape index (κ2) is 11.2. The molecule has 5 nitrogen and oxygen atoms in total. The van der Waals surface area contributed by atoms with E-state index < -0.39 is 0 Å². The van der Waals surface area contributed by atoms with Gasteiger partial charge in [0.15, 0.2) is 11.2 Å². The zero-order valence-corrected chi connectivity index (χ0v) is 27.2. The molecule has 0 unspecified atom stereocenters. The standard InChI is InChI=1S/C45H29N3O2/c1-28-18-22-31(23-19-28)48-40-24-20-29(32-10-2-4-12-34(32)44-46-38-14-6-8-16-42(38)49-44)26-36(40)37-27-30(21-25-41(37)48)33-11-3-5-13-35(33)45-47-39-15-7-9-17-43(39)50-45/h2-27H,1H3. The van der Waals surface area contributed by atoms with Crippen LogP contribution in [0.3, 0.4) is 0 Å². The van der Waals surface area contributed by atoms with Crippen molar-refractivity contribution in [2.75, 3.05) is 0 Å². The van der Waals surface area contributed by atoms with Crippen LogP contribution in [-0.2, 0) is 0 Å². The number of benzene rings is 7. The minimum Gasteiger partial charge on any atom is -0.436 e. The molecule has 0 fully saturated rings. The van der Waals surface area contributed by atoms with Crippen molar-refractivity contribution in [3.05, 3.63) is 163 Å². The predicted molar refractivity (Wildman–Crippen MR) is 202 cm³/mol. The summed E-state index contributed by atoms with van der Waals surface area (Å²) in [6.45, 7) is 2.12. The van der Waals surface area contributed by atoms with Crippen LogP contribution in [0.5, 0.6) is 0 Å². The Morgan fingerprint density at radius 1 is 0.440 bits per heavy atom. The van der Waals surface area contributed by atoms with Gasteiger partial charge in [-0.05, 0) is 102 Å². The number of rotatable bonds is 5. The minimum absolute atomic E-state index is 0.613. The van der Waals surface area contributed by atoms with Crippen LogP contribution in [0, 0.1) is 6.92 Å². The fourth-order valence-corrected chi connectivity index (χ4v) is 7.15. The molecule has 0 aliphatic heterocycles. The minimum atomic E-state index is 0.613. The molecule has 10 aromatic rings. The average molecular weight is 644 g/mol. The SMILES string of the molecule is Cc1ccc(-n2c3ccc(-c4ccccc4-c4nc5ccccc5o4)cc3c3cc(-c4ccccc4-c4nc5ccccc5o4)ccc32)cc1. The van der Waals surface area contributed by atoms with Crippen molar-refractivity contribution < 1.29 is 8.83 Å². The lowest BCUT2D eigenvalue weighted by Crippen LogP contribution is -1.94. The monoisotopic (exact) mass is 643 g/mol. The summed E-state index contributed by atoms with van der Waals surface area (Å²) in [7, 11) is 0. The van der Waals surface area contributed by atoms with E-state index in [-0.39, 0.29) is 0 Å². The Bertz CT molecular complexity index is 2650. The molecule has 236 valence electrons. The summed E-state index contributed by atoms with van der Waals surface area (Å²) >= 11 is 0. The van der Waals surface area contributed by atoms with Crippen molar-refractivity contribution in [2.45, 2.75) is 6.92 Å². The number of aryl methyl sites for hydroxylation is 1. The third-order valence-corrected chi connectivity index (χ3v) is 9.58. The highest BCUT2D eigenvalue weighted by atomic mass is 16.4. The van der Waals surface area contributed by atoms with Crippen LogP contribution < -0.4 is 0 Å². The normalized spacial score (nSPS) is 11.7. The van der Waals surface area contributed by atoms with Crippen LogP contribution in [0.25, 0.3) is 94.9 Å². The van der Waals surface area contributed by atoms with Gasteiger partial charge in [-0.1, -0.05) is 90.5 Å². The number of hydrogen-bond donors (Lipinski definition) is 0. The summed E-state index contributed by atoms with van der Waals surface area (Å²) in [5.41, 5.74) is 14.1. The van der Waals surface area contributed by atoms with E-state index in [0.29, 0.717) is 11.8 Å². The molecule has 10 rings (SSSR count). The first-order valence-corrected chi connectivity index (χ1v) is 16.7. The highest BCUT2D eigenvalue weighted by Crippen LogP contribution is 2.41. The van der Waals surface area contributed by atoms with Gasteiger partial charge in [0.05, 0.1) is 11.0 Å². The molecule has 5 heteroatoms. The second-order valence-corrected chi connectivity index (χ2v) is 12.7. The van der Waals surface area contributed by atoms with Crippen LogP contribution in [-0.4, -0.2) is 14.5 Å². The van der Waals surface area contributed by atoms with Crippen LogP contribution >= 0.6 is 0 Å². The highest BCUT2D eigenvalue weighted by Gasteiger charge is 2.19. The molecule has 50 heavy (non-hydrogen) atoms. The summed E-state index contributed by atoms with van der Waals surface area (Å²) in [6, 6.07) is 54.7. The van der Waals surface area contributed by atoms with E-state index in [0.717, 1.165) is 83.1 Å². The second-order valence-electron chi connectivity index (χ2n) is 12.7. The van der Waals surface area contributed by atoms with Crippen LogP contribution in [0.1, 0.15) is 5.56 Å². The molecule has 0 aliphatic carbocycles. The Labute approximate surface area is 287 Å². The molecule has 0 spiro atoms. The highest BCUT2D eigenvalue weighted by molar-refractivity contribution is 6.12. The van der Waals surface area contributed by atoms with Gasteiger partial charge in [0.2, 0.25) is 11.8 Å². The Morgan fingerprint density at radius 3 is 1.36 bits per heavy atom. The molecule has 3 aromatic heterocycles. The molecule has 0 atom stereocenters. The van der Waals surface area contributed by atoms with Crippen LogP contribution in [0.15, 0.2) is 167 Å². The van der Waals surface area contributed by atoms with Crippen molar-refractivity contribution in [1.29, 1.82) is 0 Å². The van der Waals surface area contributed by atoms with E-state index in [2.05, 4.69) is 109 Å². The van der Waals surface area contributed by atoms with Gasteiger partial charge < -0.3 is 13.4 Å². The van der Waals surface area contributed by atoms with Crippen molar-refractivity contribution >= 4 is 44.0 Å². The van der Waals surface area contributed by atoms with E-state index in [1.807, 2.05) is 60.7 Å². The topological polar surface area (TPSA) is 57.0 Å². The van der Waals surface area contributed by atoms with Gasteiger partial charge in [0, 0.05) is 27.6 Å². The van der Waals surface area contributed by atoms with E-state index in [1.54, 1.807) is 0 Å². The maximum Gasteiger partial charge on any atom is 0.227 e. The lowest BCUT2D eigenvalue weighted by Gasteiger charge is -2.10. The van der Waals surface area contributed by atoms with Gasteiger partial charge in [0.1, 0.15) is 11.0 Å². The molecule has 0 saturated heterocycles. The Balaban J connectivity index is 1.19. The summed E-state index contributed by atoms with van der Waals surface area (Å²) in [6.07, 6.45) is 0. The van der Waals surface area contributed by atoms with Crippen molar-refractivity contribution in [1.82, 2.24) is 14.5 Å². The molecule has 3 heterocycles. The Hall–Kier alpha value is -6.72. The first-order chi connectivity index (χ1) is 24.7. The van der Waals surface area contributed by atoms with Gasteiger partial charge in [-0.25, -0.2) is 9.97 Å². The zero-order valence-electron chi connectivity index (χ0n) is 27.2. The van der Waals surface area contributed by atoms with Gasteiger partial charge in [0.25, 0.3) is 0 Å². The quantitative estimate of drug-likeness (QED) is 0.187. The fourth-order valence-electron chi connectivity index (χ4n) is 7.15.